The lowest BCUT2D eigenvalue weighted by molar-refractivity contribution is -0.141. The van der Waals surface area contributed by atoms with E-state index < -0.39 is 40.7 Å². The summed E-state index contributed by atoms with van der Waals surface area (Å²) in [5.74, 6) is -1.37. The number of rotatable bonds is 8. The quantitative estimate of drug-likeness (QED) is 0.550. The fourth-order valence-electron chi connectivity index (χ4n) is 1.91. The summed E-state index contributed by atoms with van der Waals surface area (Å²) in [6.45, 7) is -1.18. The van der Waals surface area contributed by atoms with Crippen LogP contribution in [0.2, 0.25) is 0 Å². The van der Waals surface area contributed by atoms with Gasteiger partial charge in [0.05, 0.1) is 12.0 Å². The molecule has 0 aromatic heterocycles. The molecule has 2 aromatic carbocycles. The van der Waals surface area contributed by atoms with E-state index in [1.165, 1.54) is 19.2 Å². The maximum atomic E-state index is 12.8. The highest BCUT2D eigenvalue weighted by Crippen LogP contribution is 2.12. The van der Waals surface area contributed by atoms with Crippen molar-refractivity contribution in [3.05, 3.63) is 59.9 Å². The molecule has 0 heterocycles. The molecule has 9 heteroatoms. The van der Waals surface area contributed by atoms with Crippen molar-refractivity contribution >= 4 is 21.8 Å². The number of hydrogen-bond donors (Lipinski definition) is 1. The summed E-state index contributed by atoms with van der Waals surface area (Å²) in [7, 11) is -2.50. The smallest absolute Gasteiger partial charge is 0.321 e. The Bertz CT molecular complexity index is 878. The van der Waals surface area contributed by atoms with Gasteiger partial charge in [0.25, 0.3) is 0 Å². The number of methoxy groups -OCH3 is 1. The van der Waals surface area contributed by atoms with Gasteiger partial charge in [0.2, 0.25) is 10.0 Å². The number of halogens is 1. The van der Waals surface area contributed by atoms with Crippen LogP contribution in [0, 0.1) is 5.82 Å². The van der Waals surface area contributed by atoms with Crippen LogP contribution < -0.4 is 9.46 Å². The highest BCUT2D eigenvalue weighted by Gasteiger charge is 2.17. The lowest BCUT2D eigenvalue weighted by Gasteiger charge is -2.07. The Labute approximate surface area is 149 Å². The van der Waals surface area contributed by atoms with Gasteiger partial charge in [0, 0.05) is 5.56 Å². The van der Waals surface area contributed by atoms with Gasteiger partial charge >= 0.3 is 5.97 Å². The molecule has 0 bridgehead atoms. The zero-order chi connectivity index (χ0) is 19.2. The maximum Gasteiger partial charge on any atom is 0.321 e. The molecule has 0 spiro atoms. The molecule has 0 aliphatic rings. The van der Waals surface area contributed by atoms with E-state index in [-0.39, 0.29) is 4.90 Å². The summed E-state index contributed by atoms with van der Waals surface area (Å²) in [5, 5.41) is 0. The third-order valence-corrected chi connectivity index (χ3v) is 4.72. The molecule has 138 valence electrons. The Morgan fingerprint density at radius 1 is 1.04 bits per heavy atom. The predicted molar refractivity (Wildman–Crippen MR) is 89.9 cm³/mol. The first kappa shape index (κ1) is 19.5. The molecule has 0 fully saturated rings. The van der Waals surface area contributed by atoms with Crippen molar-refractivity contribution in [3.8, 4) is 5.75 Å². The second-order valence-electron chi connectivity index (χ2n) is 5.09. The van der Waals surface area contributed by atoms with Crippen molar-refractivity contribution in [2.45, 2.75) is 4.90 Å². The van der Waals surface area contributed by atoms with Crippen LogP contribution in [0.3, 0.4) is 0 Å². The van der Waals surface area contributed by atoms with Crippen LogP contribution in [0.1, 0.15) is 10.4 Å². The van der Waals surface area contributed by atoms with E-state index in [0.717, 1.165) is 24.3 Å². The molecular formula is C17H16FNO6S. The molecule has 1 N–H and O–H groups in total. The number of ether oxygens (including phenoxy) is 2. The Morgan fingerprint density at radius 2 is 1.65 bits per heavy atom. The fourth-order valence-corrected chi connectivity index (χ4v) is 2.88. The number of hydrogen-bond acceptors (Lipinski definition) is 6. The first-order valence-electron chi connectivity index (χ1n) is 7.40. The van der Waals surface area contributed by atoms with Crippen LogP contribution in [0.25, 0.3) is 0 Å². The minimum absolute atomic E-state index is 0.194. The number of nitrogens with one attached hydrogen (secondary N) is 1. The van der Waals surface area contributed by atoms with E-state index in [9.17, 15) is 22.4 Å². The van der Waals surface area contributed by atoms with Gasteiger partial charge in [-0.1, -0.05) is 0 Å². The van der Waals surface area contributed by atoms with Crippen LogP contribution in [0.15, 0.2) is 53.4 Å². The summed E-state index contributed by atoms with van der Waals surface area (Å²) in [5.41, 5.74) is 0.325. The van der Waals surface area contributed by atoms with Gasteiger partial charge in [0.15, 0.2) is 12.4 Å². The molecule has 0 saturated carbocycles. The minimum Gasteiger partial charge on any atom is -0.497 e. The highest BCUT2D eigenvalue weighted by atomic mass is 32.2. The maximum absolute atomic E-state index is 12.8. The second-order valence-corrected chi connectivity index (χ2v) is 6.86. The minimum atomic E-state index is -3.99. The third kappa shape index (κ3) is 5.36. The Hall–Kier alpha value is -2.78. The Balaban J connectivity index is 1.84. The number of carbonyl (C=O) groups excluding carboxylic acids is 2. The lowest BCUT2D eigenvalue weighted by atomic mass is 10.1. The van der Waals surface area contributed by atoms with Crippen molar-refractivity contribution in [2.24, 2.45) is 0 Å². The summed E-state index contributed by atoms with van der Waals surface area (Å²) in [6, 6.07) is 10.3. The van der Waals surface area contributed by atoms with Crippen molar-refractivity contribution in [1.82, 2.24) is 4.72 Å². The fraction of sp³-hybridized carbons (Fsp3) is 0.176. The van der Waals surface area contributed by atoms with E-state index in [2.05, 4.69) is 0 Å². The number of sulfonamides is 1. The molecule has 26 heavy (non-hydrogen) atoms. The number of esters is 1. The number of ketones is 1. The van der Waals surface area contributed by atoms with Crippen molar-refractivity contribution in [1.29, 1.82) is 0 Å². The zero-order valence-corrected chi connectivity index (χ0v) is 14.6. The van der Waals surface area contributed by atoms with Crippen molar-refractivity contribution < 1.29 is 31.9 Å². The third-order valence-electron chi connectivity index (χ3n) is 3.31. The molecule has 2 rings (SSSR count). The molecule has 0 aliphatic heterocycles. The van der Waals surface area contributed by atoms with E-state index >= 15 is 0 Å². The van der Waals surface area contributed by atoms with Crippen LogP contribution >= 0.6 is 0 Å². The molecule has 0 amide bonds. The average molecular weight is 381 g/mol. The standard InChI is InChI=1S/C17H16FNO6S/c1-24-14-6-2-12(3-7-14)16(20)11-25-17(21)10-19-26(22,23)15-8-4-13(18)5-9-15/h2-9,19H,10-11H2,1H3. The normalized spacial score (nSPS) is 11.0. The SMILES string of the molecule is COc1ccc(C(=O)COC(=O)CNS(=O)(=O)c2ccc(F)cc2)cc1. The first-order valence-corrected chi connectivity index (χ1v) is 8.88. The molecule has 0 radical (unpaired) electrons. The topological polar surface area (TPSA) is 98.8 Å². The number of Topliss-reactive ketones (excluding diaryl/α,β-unsaturated/α-hetero) is 1. The van der Waals surface area contributed by atoms with E-state index in [4.69, 9.17) is 9.47 Å². The first-order chi connectivity index (χ1) is 12.3. The lowest BCUT2D eigenvalue weighted by Crippen LogP contribution is -2.31. The molecule has 2 aromatic rings. The monoisotopic (exact) mass is 381 g/mol. The summed E-state index contributed by atoms with van der Waals surface area (Å²) < 4.78 is 48.5. The van der Waals surface area contributed by atoms with Gasteiger partial charge in [-0.25, -0.2) is 12.8 Å². The van der Waals surface area contributed by atoms with E-state index in [0.29, 0.717) is 11.3 Å². The molecule has 0 unspecified atom stereocenters. The van der Waals surface area contributed by atoms with Crippen molar-refractivity contribution in [3.63, 3.8) is 0 Å². The summed E-state index contributed by atoms with van der Waals surface area (Å²) in [4.78, 5) is 23.3. The molecular weight excluding hydrogens is 365 g/mol. The van der Waals surface area contributed by atoms with Crippen LogP contribution in [0.4, 0.5) is 4.39 Å². The van der Waals surface area contributed by atoms with Gasteiger partial charge in [0.1, 0.15) is 18.1 Å². The predicted octanol–water partition coefficient (Wildman–Crippen LogP) is 1.54. The summed E-state index contributed by atoms with van der Waals surface area (Å²) in [6.07, 6.45) is 0. The van der Waals surface area contributed by atoms with Gasteiger partial charge in [-0.2, -0.15) is 4.72 Å². The molecule has 0 saturated heterocycles. The number of benzene rings is 2. The Morgan fingerprint density at radius 3 is 2.23 bits per heavy atom. The van der Waals surface area contributed by atoms with E-state index in [1.54, 1.807) is 12.1 Å². The van der Waals surface area contributed by atoms with Crippen LogP contribution in [0.5, 0.6) is 5.75 Å². The second kappa shape index (κ2) is 8.54. The van der Waals surface area contributed by atoms with Gasteiger partial charge in [-0.3, -0.25) is 9.59 Å². The van der Waals surface area contributed by atoms with Gasteiger partial charge in [-0.05, 0) is 48.5 Å². The molecule has 0 aliphatic carbocycles. The summed E-state index contributed by atoms with van der Waals surface area (Å²) >= 11 is 0. The Kier molecular flexibility index (Phi) is 6.42. The largest absolute Gasteiger partial charge is 0.497 e. The number of carbonyl (C=O) groups is 2. The van der Waals surface area contributed by atoms with Crippen LogP contribution in [-0.2, 0) is 19.6 Å². The van der Waals surface area contributed by atoms with E-state index in [1.807, 2.05) is 4.72 Å². The van der Waals surface area contributed by atoms with Crippen molar-refractivity contribution in [2.75, 3.05) is 20.3 Å². The molecule has 7 nitrogen and oxygen atoms in total. The van der Waals surface area contributed by atoms with Gasteiger partial charge in [-0.15, -0.1) is 0 Å². The highest BCUT2D eigenvalue weighted by molar-refractivity contribution is 7.89. The average Bonchev–Trinajstić information content (AvgIpc) is 2.65. The zero-order valence-electron chi connectivity index (χ0n) is 13.8. The van der Waals surface area contributed by atoms with Crippen LogP contribution in [-0.4, -0.2) is 40.4 Å². The molecule has 0 atom stereocenters. The van der Waals surface area contributed by atoms with Gasteiger partial charge < -0.3 is 9.47 Å².